The van der Waals surface area contributed by atoms with E-state index in [0.29, 0.717) is 41.3 Å². The van der Waals surface area contributed by atoms with Crippen molar-refractivity contribution in [3.05, 3.63) is 53.0 Å². The summed E-state index contributed by atoms with van der Waals surface area (Å²) in [7, 11) is 0. The normalized spacial score (nSPS) is 10.4. The largest absolute Gasteiger partial charge is 0.466 e. The maximum absolute atomic E-state index is 12.2. The number of furan rings is 1. The van der Waals surface area contributed by atoms with E-state index in [2.05, 4.69) is 10.6 Å². The Balaban J connectivity index is 1.99. The quantitative estimate of drug-likeness (QED) is 0.709. The zero-order valence-electron chi connectivity index (χ0n) is 15.3. The molecule has 0 unspecified atom stereocenters. The van der Waals surface area contributed by atoms with Gasteiger partial charge < -0.3 is 15.1 Å². The van der Waals surface area contributed by atoms with E-state index >= 15 is 0 Å². The molecular weight excluding hydrogens is 332 g/mol. The van der Waals surface area contributed by atoms with Gasteiger partial charge in [0.2, 0.25) is 5.91 Å². The second-order valence-electron chi connectivity index (χ2n) is 6.09. The SMILES string of the molecule is CCCNC(=O)c1ccccc1NC(=O)CCc1cc(C(C)=O)c(C)o1. The lowest BCUT2D eigenvalue weighted by Gasteiger charge is -2.11. The predicted molar refractivity (Wildman–Crippen MR) is 99.5 cm³/mol. The number of carbonyl (C=O) groups is 3. The lowest BCUT2D eigenvalue weighted by molar-refractivity contribution is -0.116. The molecule has 0 radical (unpaired) electrons. The number of Topliss-reactive ketones (excluding diaryl/α,β-unsaturated/α-hetero) is 1. The highest BCUT2D eigenvalue weighted by Gasteiger charge is 2.15. The molecule has 2 rings (SSSR count). The van der Waals surface area contributed by atoms with Gasteiger partial charge in [-0.2, -0.15) is 0 Å². The summed E-state index contributed by atoms with van der Waals surface area (Å²) < 4.78 is 5.52. The number of benzene rings is 1. The number of para-hydroxylation sites is 1. The van der Waals surface area contributed by atoms with Crippen molar-refractivity contribution >= 4 is 23.3 Å². The first-order valence-electron chi connectivity index (χ1n) is 8.69. The maximum atomic E-state index is 12.2. The van der Waals surface area contributed by atoms with E-state index in [1.54, 1.807) is 37.3 Å². The van der Waals surface area contributed by atoms with Crippen LogP contribution in [0, 0.1) is 6.92 Å². The van der Waals surface area contributed by atoms with E-state index in [0.717, 1.165) is 6.42 Å². The number of rotatable bonds is 8. The minimum atomic E-state index is -0.223. The first-order chi connectivity index (χ1) is 12.4. The molecule has 26 heavy (non-hydrogen) atoms. The minimum absolute atomic E-state index is 0.0611. The van der Waals surface area contributed by atoms with Gasteiger partial charge in [0, 0.05) is 19.4 Å². The number of aryl methyl sites for hydroxylation is 2. The summed E-state index contributed by atoms with van der Waals surface area (Å²) in [5.41, 5.74) is 1.45. The molecule has 0 spiro atoms. The van der Waals surface area contributed by atoms with Gasteiger partial charge in [0.15, 0.2) is 5.78 Å². The molecule has 138 valence electrons. The fourth-order valence-electron chi connectivity index (χ4n) is 2.59. The van der Waals surface area contributed by atoms with Gasteiger partial charge in [0.05, 0.1) is 16.8 Å². The monoisotopic (exact) mass is 356 g/mol. The molecule has 2 N–H and O–H groups in total. The van der Waals surface area contributed by atoms with Crippen LogP contribution in [0.5, 0.6) is 0 Å². The molecule has 6 nitrogen and oxygen atoms in total. The number of nitrogens with one attached hydrogen (secondary N) is 2. The van der Waals surface area contributed by atoms with Crippen molar-refractivity contribution in [3.8, 4) is 0 Å². The van der Waals surface area contributed by atoms with Gasteiger partial charge in [-0.15, -0.1) is 0 Å². The summed E-state index contributed by atoms with van der Waals surface area (Å²) >= 11 is 0. The molecule has 6 heteroatoms. The molecule has 0 saturated heterocycles. The zero-order chi connectivity index (χ0) is 19.1. The fraction of sp³-hybridized carbons (Fsp3) is 0.350. The third-order valence-electron chi connectivity index (χ3n) is 3.93. The second-order valence-corrected chi connectivity index (χ2v) is 6.09. The Labute approximate surface area is 153 Å². The van der Waals surface area contributed by atoms with Crippen LogP contribution < -0.4 is 10.6 Å². The van der Waals surface area contributed by atoms with Crippen LogP contribution in [0.25, 0.3) is 0 Å². The van der Waals surface area contributed by atoms with Crippen LogP contribution in [0.4, 0.5) is 5.69 Å². The number of hydrogen-bond donors (Lipinski definition) is 2. The van der Waals surface area contributed by atoms with Crippen LogP contribution in [0.15, 0.2) is 34.7 Å². The fourth-order valence-corrected chi connectivity index (χ4v) is 2.59. The summed E-state index contributed by atoms with van der Waals surface area (Å²) in [6.07, 6.45) is 1.41. The highest BCUT2D eigenvalue weighted by molar-refractivity contribution is 6.03. The smallest absolute Gasteiger partial charge is 0.253 e. The average molecular weight is 356 g/mol. The minimum Gasteiger partial charge on any atom is -0.466 e. The Hall–Kier alpha value is -2.89. The van der Waals surface area contributed by atoms with Gasteiger partial charge in [-0.25, -0.2) is 0 Å². The molecule has 0 aliphatic carbocycles. The molecule has 0 fully saturated rings. The summed E-state index contributed by atoms with van der Waals surface area (Å²) in [6, 6.07) is 8.57. The number of carbonyl (C=O) groups excluding carboxylic acids is 3. The Kier molecular flexibility index (Phi) is 6.72. The highest BCUT2D eigenvalue weighted by Crippen LogP contribution is 2.18. The summed E-state index contributed by atoms with van der Waals surface area (Å²) in [4.78, 5) is 35.9. The number of ketones is 1. The van der Waals surface area contributed by atoms with E-state index in [4.69, 9.17) is 4.42 Å². The number of amides is 2. The average Bonchev–Trinajstić information content (AvgIpc) is 2.99. The molecule has 1 heterocycles. The van der Waals surface area contributed by atoms with Crippen LogP contribution in [-0.2, 0) is 11.2 Å². The van der Waals surface area contributed by atoms with Gasteiger partial charge in [-0.3, -0.25) is 14.4 Å². The first-order valence-corrected chi connectivity index (χ1v) is 8.69. The van der Waals surface area contributed by atoms with Crippen LogP contribution in [0.3, 0.4) is 0 Å². The standard InChI is InChI=1S/C20H24N2O4/c1-4-11-21-20(25)16-7-5-6-8-18(16)22-19(24)10-9-15-12-17(13(2)23)14(3)26-15/h5-8,12H,4,9-11H2,1-3H3,(H,21,25)(H,22,24). The number of hydrogen-bond acceptors (Lipinski definition) is 4. The van der Waals surface area contributed by atoms with Gasteiger partial charge >= 0.3 is 0 Å². The van der Waals surface area contributed by atoms with Crippen molar-refractivity contribution in [1.82, 2.24) is 5.32 Å². The van der Waals surface area contributed by atoms with Crippen molar-refractivity contribution in [2.75, 3.05) is 11.9 Å². The van der Waals surface area contributed by atoms with Crippen molar-refractivity contribution in [2.45, 2.75) is 40.0 Å². The van der Waals surface area contributed by atoms with Gasteiger partial charge in [0.1, 0.15) is 11.5 Å². The molecule has 0 aliphatic rings. The van der Waals surface area contributed by atoms with E-state index < -0.39 is 0 Å². The maximum Gasteiger partial charge on any atom is 0.253 e. The summed E-state index contributed by atoms with van der Waals surface area (Å²) in [5, 5.41) is 5.58. The number of anilines is 1. The molecule has 1 aromatic carbocycles. The molecule has 2 aromatic rings. The highest BCUT2D eigenvalue weighted by atomic mass is 16.3. The molecular formula is C20H24N2O4. The molecule has 0 atom stereocenters. The molecule has 0 saturated carbocycles. The summed E-state index contributed by atoms with van der Waals surface area (Å²) in [5.74, 6) is 0.659. The predicted octanol–water partition coefficient (Wildman–Crippen LogP) is 3.50. The van der Waals surface area contributed by atoms with E-state index in [1.807, 2.05) is 6.92 Å². The van der Waals surface area contributed by atoms with Crippen LogP contribution in [0.1, 0.15) is 58.9 Å². The summed E-state index contributed by atoms with van der Waals surface area (Å²) in [6.45, 7) is 5.76. The lowest BCUT2D eigenvalue weighted by Crippen LogP contribution is -2.25. The van der Waals surface area contributed by atoms with Gasteiger partial charge in [0.25, 0.3) is 5.91 Å². The van der Waals surface area contributed by atoms with Crippen molar-refractivity contribution in [1.29, 1.82) is 0 Å². The third-order valence-corrected chi connectivity index (χ3v) is 3.93. The molecule has 1 aromatic heterocycles. The third kappa shape index (κ3) is 5.05. The Bertz CT molecular complexity index is 808. The van der Waals surface area contributed by atoms with Crippen molar-refractivity contribution < 1.29 is 18.8 Å². The van der Waals surface area contributed by atoms with Crippen molar-refractivity contribution in [3.63, 3.8) is 0 Å². The van der Waals surface area contributed by atoms with Crippen LogP contribution in [-0.4, -0.2) is 24.1 Å². The van der Waals surface area contributed by atoms with Crippen LogP contribution in [0.2, 0.25) is 0 Å². The van der Waals surface area contributed by atoms with Gasteiger partial charge in [-0.1, -0.05) is 19.1 Å². The van der Waals surface area contributed by atoms with E-state index in [9.17, 15) is 14.4 Å². The Morgan fingerprint density at radius 1 is 1.12 bits per heavy atom. The topological polar surface area (TPSA) is 88.4 Å². The van der Waals surface area contributed by atoms with Crippen LogP contribution >= 0.6 is 0 Å². The first kappa shape index (κ1) is 19.4. The Morgan fingerprint density at radius 2 is 1.85 bits per heavy atom. The molecule has 0 bridgehead atoms. The van der Waals surface area contributed by atoms with E-state index in [-0.39, 0.29) is 24.0 Å². The van der Waals surface area contributed by atoms with Gasteiger partial charge in [-0.05, 0) is 38.5 Å². The molecule has 2 amide bonds. The second kappa shape index (κ2) is 8.99. The van der Waals surface area contributed by atoms with E-state index in [1.165, 1.54) is 6.92 Å². The Morgan fingerprint density at radius 3 is 2.50 bits per heavy atom. The zero-order valence-corrected chi connectivity index (χ0v) is 15.3. The van der Waals surface area contributed by atoms with Crippen molar-refractivity contribution in [2.24, 2.45) is 0 Å². The lowest BCUT2D eigenvalue weighted by atomic mass is 10.1. The molecule has 0 aliphatic heterocycles.